The molecule has 1 heterocycles. The van der Waals surface area contributed by atoms with E-state index in [4.69, 9.17) is 28.3 Å². The predicted molar refractivity (Wildman–Crippen MR) is 79.7 cm³/mol. The molecule has 0 radical (unpaired) electrons. The lowest BCUT2D eigenvalue weighted by molar-refractivity contribution is -0.131. The number of carboxylic acids is 1. The Morgan fingerprint density at radius 1 is 1.35 bits per heavy atom. The Kier molecular flexibility index (Phi) is 4.16. The smallest absolute Gasteiger partial charge is 0.328 e. The van der Waals surface area contributed by atoms with Crippen LogP contribution in [0, 0.1) is 13.8 Å². The van der Waals surface area contributed by atoms with Crippen molar-refractivity contribution in [1.29, 1.82) is 0 Å². The monoisotopic (exact) mass is 310 g/mol. The molecule has 1 aromatic heterocycles. The van der Waals surface area contributed by atoms with Crippen LogP contribution in [0.1, 0.15) is 17.0 Å². The Balaban J connectivity index is 2.62. The number of aliphatic carboxylic acids is 1. The van der Waals surface area contributed by atoms with E-state index in [2.05, 4.69) is 5.10 Å². The van der Waals surface area contributed by atoms with Crippen LogP contribution in [0.25, 0.3) is 11.8 Å². The second-order valence-corrected chi connectivity index (χ2v) is 5.09. The molecular formula is C14H12Cl2N2O2. The number of aromatic nitrogens is 2. The molecule has 0 aliphatic rings. The second kappa shape index (κ2) is 5.69. The molecule has 0 bridgehead atoms. The Morgan fingerprint density at radius 2 is 2.05 bits per heavy atom. The van der Waals surface area contributed by atoms with Crippen LogP contribution in [0.2, 0.25) is 10.0 Å². The van der Waals surface area contributed by atoms with E-state index >= 15 is 0 Å². The fourth-order valence-corrected chi connectivity index (χ4v) is 2.14. The highest BCUT2D eigenvalue weighted by Crippen LogP contribution is 2.26. The molecule has 104 valence electrons. The summed E-state index contributed by atoms with van der Waals surface area (Å²) >= 11 is 12.2. The SMILES string of the molecule is Cc1nn(-c2cc(Cl)ccc2/C=C/C(=O)O)c(C)c1Cl. The summed E-state index contributed by atoms with van der Waals surface area (Å²) in [6, 6.07) is 5.15. The highest BCUT2D eigenvalue weighted by Gasteiger charge is 2.13. The van der Waals surface area contributed by atoms with Crippen molar-refractivity contribution in [2.45, 2.75) is 13.8 Å². The Bertz CT molecular complexity index is 705. The van der Waals surface area contributed by atoms with Crippen LogP contribution >= 0.6 is 23.2 Å². The molecule has 0 aliphatic carbocycles. The molecule has 2 rings (SSSR count). The lowest BCUT2D eigenvalue weighted by atomic mass is 10.1. The predicted octanol–water partition coefficient (Wildman–Crippen LogP) is 3.89. The van der Waals surface area contributed by atoms with Gasteiger partial charge >= 0.3 is 5.97 Å². The molecule has 6 heteroatoms. The molecule has 4 nitrogen and oxygen atoms in total. The topological polar surface area (TPSA) is 55.1 Å². The molecule has 20 heavy (non-hydrogen) atoms. The summed E-state index contributed by atoms with van der Waals surface area (Å²) in [4.78, 5) is 10.7. The summed E-state index contributed by atoms with van der Waals surface area (Å²) < 4.78 is 1.66. The number of hydrogen-bond donors (Lipinski definition) is 1. The van der Waals surface area contributed by atoms with Crippen LogP contribution < -0.4 is 0 Å². The minimum atomic E-state index is -1.02. The second-order valence-electron chi connectivity index (χ2n) is 4.27. The van der Waals surface area contributed by atoms with Gasteiger partial charge in [-0.25, -0.2) is 9.48 Å². The number of rotatable bonds is 3. The maximum absolute atomic E-state index is 10.7. The number of carbonyl (C=O) groups is 1. The lowest BCUT2D eigenvalue weighted by Crippen LogP contribution is -2.02. The minimum Gasteiger partial charge on any atom is -0.478 e. The van der Waals surface area contributed by atoms with Gasteiger partial charge in [-0.15, -0.1) is 0 Å². The molecule has 0 atom stereocenters. The van der Waals surface area contributed by atoms with Crippen molar-refractivity contribution >= 4 is 35.2 Å². The Hall–Kier alpha value is -1.78. The van der Waals surface area contributed by atoms with E-state index in [1.165, 1.54) is 6.08 Å². The standard InChI is InChI=1S/C14H12Cl2N2O2/c1-8-14(16)9(2)18(17-8)12-7-11(15)5-3-10(12)4-6-13(19)20/h3-7H,1-2H3,(H,19,20)/b6-4+. The molecule has 1 aromatic carbocycles. The van der Waals surface area contributed by atoms with Gasteiger partial charge in [0.15, 0.2) is 0 Å². The van der Waals surface area contributed by atoms with E-state index in [-0.39, 0.29) is 0 Å². The van der Waals surface area contributed by atoms with Crippen LogP contribution in [-0.4, -0.2) is 20.9 Å². The molecule has 0 amide bonds. The maximum atomic E-state index is 10.7. The third-order valence-corrected chi connectivity index (χ3v) is 3.61. The molecule has 0 unspecified atom stereocenters. The largest absolute Gasteiger partial charge is 0.478 e. The van der Waals surface area contributed by atoms with Crippen molar-refractivity contribution in [3.8, 4) is 5.69 Å². The zero-order valence-corrected chi connectivity index (χ0v) is 12.4. The molecule has 0 saturated heterocycles. The number of carboxylic acid groups (broad SMARTS) is 1. The van der Waals surface area contributed by atoms with Gasteiger partial charge in [-0.1, -0.05) is 29.3 Å². The molecule has 0 saturated carbocycles. The minimum absolute atomic E-state index is 0.538. The molecule has 0 aliphatic heterocycles. The normalized spacial score (nSPS) is 11.2. The number of hydrogen-bond acceptors (Lipinski definition) is 2. The van der Waals surface area contributed by atoms with Crippen LogP contribution in [0.3, 0.4) is 0 Å². The van der Waals surface area contributed by atoms with E-state index in [0.29, 0.717) is 27.0 Å². The Morgan fingerprint density at radius 3 is 2.60 bits per heavy atom. The van der Waals surface area contributed by atoms with E-state index in [0.717, 1.165) is 11.8 Å². The molecule has 0 fully saturated rings. The van der Waals surface area contributed by atoms with E-state index in [1.807, 2.05) is 13.8 Å². The molecule has 1 N–H and O–H groups in total. The van der Waals surface area contributed by atoms with Crippen molar-refractivity contribution in [1.82, 2.24) is 9.78 Å². The average Bonchev–Trinajstić information content (AvgIpc) is 2.65. The van der Waals surface area contributed by atoms with E-state index in [1.54, 1.807) is 22.9 Å². The maximum Gasteiger partial charge on any atom is 0.328 e. The fourth-order valence-electron chi connectivity index (χ4n) is 1.86. The molecule has 2 aromatic rings. The van der Waals surface area contributed by atoms with Gasteiger partial charge in [0.2, 0.25) is 0 Å². The van der Waals surface area contributed by atoms with Gasteiger partial charge in [0.1, 0.15) is 0 Å². The highest BCUT2D eigenvalue weighted by molar-refractivity contribution is 6.32. The van der Waals surface area contributed by atoms with Gasteiger partial charge in [0.25, 0.3) is 0 Å². The number of halogens is 2. The summed E-state index contributed by atoms with van der Waals surface area (Å²) in [5.74, 6) is -1.02. The first-order valence-electron chi connectivity index (χ1n) is 5.83. The average molecular weight is 311 g/mol. The number of benzene rings is 1. The summed E-state index contributed by atoms with van der Waals surface area (Å²) in [6.45, 7) is 3.65. The lowest BCUT2D eigenvalue weighted by Gasteiger charge is -2.09. The van der Waals surface area contributed by atoms with Gasteiger partial charge in [0.05, 0.1) is 22.1 Å². The van der Waals surface area contributed by atoms with E-state index < -0.39 is 5.97 Å². The Labute approximate surface area is 126 Å². The van der Waals surface area contributed by atoms with Gasteiger partial charge in [-0.3, -0.25) is 0 Å². The summed E-state index contributed by atoms with van der Waals surface area (Å²) in [5, 5.41) is 14.2. The van der Waals surface area contributed by atoms with Gasteiger partial charge in [0, 0.05) is 16.7 Å². The first-order chi connectivity index (χ1) is 9.40. The molecular weight excluding hydrogens is 299 g/mol. The van der Waals surface area contributed by atoms with Crippen LogP contribution in [0.4, 0.5) is 0 Å². The van der Waals surface area contributed by atoms with Crippen molar-refractivity contribution in [3.05, 3.63) is 51.3 Å². The number of aryl methyl sites for hydroxylation is 1. The summed E-state index contributed by atoms with van der Waals surface area (Å²) in [5.41, 5.74) is 2.86. The highest BCUT2D eigenvalue weighted by atomic mass is 35.5. The quantitative estimate of drug-likeness (QED) is 0.875. The van der Waals surface area contributed by atoms with Gasteiger partial charge < -0.3 is 5.11 Å². The van der Waals surface area contributed by atoms with Gasteiger partial charge in [-0.05, 0) is 32.1 Å². The van der Waals surface area contributed by atoms with Crippen molar-refractivity contribution < 1.29 is 9.90 Å². The third kappa shape index (κ3) is 2.86. The third-order valence-electron chi connectivity index (χ3n) is 2.83. The first kappa shape index (κ1) is 14.6. The zero-order chi connectivity index (χ0) is 14.9. The summed E-state index contributed by atoms with van der Waals surface area (Å²) in [7, 11) is 0. The van der Waals surface area contributed by atoms with Gasteiger partial charge in [-0.2, -0.15) is 5.10 Å². The first-order valence-corrected chi connectivity index (χ1v) is 6.58. The van der Waals surface area contributed by atoms with Crippen molar-refractivity contribution in [2.75, 3.05) is 0 Å². The van der Waals surface area contributed by atoms with Crippen LogP contribution in [0.5, 0.6) is 0 Å². The van der Waals surface area contributed by atoms with E-state index in [9.17, 15) is 4.79 Å². The number of nitrogens with zero attached hydrogens (tertiary/aromatic N) is 2. The molecule has 0 spiro atoms. The van der Waals surface area contributed by atoms with Crippen LogP contribution in [-0.2, 0) is 4.79 Å². The van der Waals surface area contributed by atoms with Crippen molar-refractivity contribution in [3.63, 3.8) is 0 Å². The zero-order valence-electron chi connectivity index (χ0n) is 10.9. The van der Waals surface area contributed by atoms with Crippen LogP contribution in [0.15, 0.2) is 24.3 Å². The fraction of sp³-hybridized carbons (Fsp3) is 0.143. The van der Waals surface area contributed by atoms with Crippen molar-refractivity contribution in [2.24, 2.45) is 0 Å². The summed E-state index contributed by atoms with van der Waals surface area (Å²) in [6.07, 6.45) is 2.57.